The quantitative estimate of drug-likeness (QED) is 0.414. The van der Waals surface area contributed by atoms with Crippen LogP contribution >= 0.6 is 0 Å². The van der Waals surface area contributed by atoms with Gasteiger partial charge in [-0.25, -0.2) is 0 Å². The fourth-order valence-electron chi connectivity index (χ4n) is 3.89. The number of rotatable bonds is 2. The lowest BCUT2D eigenvalue weighted by Gasteiger charge is -2.39. The normalized spacial score (nSPS) is 25.9. The average Bonchev–Trinajstić information content (AvgIpc) is 2.67. The summed E-state index contributed by atoms with van der Waals surface area (Å²) in [6.07, 6.45) is -2.73. The molecule has 0 aliphatic heterocycles. The van der Waals surface area contributed by atoms with E-state index < -0.39 is 52.0 Å². The lowest BCUT2D eigenvalue weighted by atomic mass is 9.73. The monoisotopic (exact) mass is 397 g/mol. The largest absolute Gasteiger partial charge is 0.507 e. The number of benzene rings is 2. The van der Waals surface area contributed by atoms with Gasteiger partial charge in [-0.2, -0.15) is 0 Å². The first-order chi connectivity index (χ1) is 13.6. The van der Waals surface area contributed by atoms with E-state index in [4.69, 9.17) is 0 Å². The van der Waals surface area contributed by atoms with Crippen molar-refractivity contribution in [2.75, 3.05) is 5.32 Å². The van der Waals surface area contributed by atoms with E-state index in [0.29, 0.717) is 5.69 Å². The molecule has 0 bridgehead atoms. The van der Waals surface area contributed by atoms with Crippen LogP contribution < -0.4 is 5.32 Å². The fraction of sp³-hybridized carbons (Fsp3) is 0.238. The molecule has 8 heteroatoms. The maximum Gasteiger partial charge on any atom is 0.213 e. The van der Waals surface area contributed by atoms with Crippen molar-refractivity contribution in [3.63, 3.8) is 0 Å². The van der Waals surface area contributed by atoms with E-state index in [1.54, 1.807) is 30.3 Å². The van der Waals surface area contributed by atoms with E-state index >= 15 is 0 Å². The van der Waals surface area contributed by atoms with Crippen LogP contribution in [0.25, 0.3) is 0 Å². The molecule has 0 amide bonds. The Morgan fingerprint density at radius 1 is 1.03 bits per heavy atom. The molecule has 3 atom stereocenters. The van der Waals surface area contributed by atoms with Gasteiger partial charge in [0.25, 0.3) is 0 Å². The molecule has 6 N–H and O–H groups in total. The Morgan fingerprint density at radius 2 is 1.69 bits per heavy atom. The molecule has 2 aliphatic carbocycles. The van der Waals surface area contributed by atoms with Crippen molar-refractivity contribution in [2.24, 2.45) is 0 Å². The zero-order chi connectivity index (χ0) is 21.1. The van der Waals surface area contributed by atoms with Crippen molar-refractivity contribution in [1.29, 1.82) is 0 Å². The molecule has 0 saturated heterocycles. The van der Waals surface area contributed by atoms with E-state index in [1.165, 1.54) is 6.92 Å². The number of nitrogens with one attached hydrogen (secondary N) is 1. The molecule has 4 rings (SSSR count). The molecule has 0 fully saturated rings. The summed E-state index contributed by atoms with van der Waals surface area (Å²) >= 11 is 0. The molecule has 2 aliphatic rings. The topological polar surface area (TPSA) is 147 Å². The van der Waals surface area contributed by atoms with Crippen molar-refractivity contribution in [3.05, 3.63) is 64.4 Å². The Labute approximate surface area is 165 Å². The Kier molecular flexibility index (Phi) is 4.23. The van der Waals surface area contributed by atoms with Crippen molar-refractivity contribution >= 4 is 17.3 Å². The molecule has 2 aromatic carbocycles. The molecule has 0 aromatic heterocycles. The number of anilines is 1. The number of aliphatic hydroxyl groups excluding tert-OH is 2. The van der Waals surface area contributed by atoms with E-state index in [0.717, 1.165) is 6.08 Å². The number of aromatic hydroxyl groups is 2. The van der Waals surface area contributed by atoms with Crippen molar-refractivity contribution in [1.82, 2.24) is 0 Å². The lowest BCUT2D eigenvalue weighted by Crippen LogP contribution is -2.48. The predicted octanol–water partition coefficient (Wildman–Crippen LogP) is 1.17. The van der Waals surface area contributed by atoms with E-state index in [-0.39, 0.29) is 23.2 Å². The summed E-state index contributed by atoms with van der Waals surface area (Å²) in [5.41, 5.74) is -2.57. The van der Waals surface area contributed by atoms with E-state index in [1.807, 2.05) is 0 Å². The summed E-state index contributed by atoms with van der Waals surface area (Å²) in [4.78, 5) is 25.7. The molecule has 0 spiro atoms. The highest BCUT2D eigenvalue weighted by Gasteiger charge is 2.47. The first kappa shape index (κ1) is 19.1. The summed E-state index contributed by atoms with van der Waals surface area (Å²) < 4.78 is 0. The summed E-state index contributed by atoms with van der Waals surface area (Å²) in [5.74, 6) is -2.77. The number of phenolic OH excluding ortho intramolecular Hbond substituents is 2. The van der Waals surface area contributed by atoms with E-state index in [2.05, 4.69) is 5.32 Å². The van der Waals surface area contributed by atoms with Crippen molar-refractivity contribution in [3.8, 4) is 11.5 Å². The first-order valence-corrected chi connectivity index (χ1v) is 8.95. The van der Waals surface area contributed by atoms with Crippen LogP contribution in [-0.4, -0.2) is 48.8 Å². The number of para-hydroxylation sites is 1. The number of fused-ring (bicyclic) bond motifs is 2. The van der Waals surface area contributed by atoms with Crippen LogP contribution in [0.4, 0.5) is 5.69 Å². The molecule has 0 radical (unpaired) electrons. The van der Waals surface area contributed by atoms with Gasteiger partial charge < -0.3 is 30.8 Å². The number of ketones is 2. The highest BCUT2D eigenvalue weighted by molar-refractivity contribution is 6.27. The lowest BCUT2D eigenvalue weighted by molar-refractivity contribution is -0.126. The summed E-state index contributed by atoms with van der Waals surface area (Å²) in [5, 5.41) is 55.1. The molecule has 2 aromatic rings. The Bertz CT molecular complexity index is 1070. The molecule has 0 heterocycles. The van der Waals surface area contributed by atoms with E-state index in [9.17, 15) is 35.1 Å². The molecular weight excluding hydrogens is 378 g/mol. The maximum atomic E-state index is 13.0. The van der Waals surface area contributed by atoms with Crippen LogP contribution in [0.2, 0.25) is 0 Å². The van der Waals surface area contributed by atoms with Crippen LogP contribution in [0.5, 0.6) is 11.5 Å². The minimum Gasteiger partial charge on any atom is -0.507 e. The summed E-state index contributed by atoms with van der Waals surface area (Å²) in [6, 6.07) is 8.63. The van der Waals surface area contributed by atoms with Gasteiger partial charge in [-0.1, -0.05) is 18.2 Å². The first-order valence-electron chi connectivity index (χ1n) is 8.95. The molecule has 0 saturated carbocycles. The number of carbonyl (C=O) groups is 2. The number of aliphatic hydroxyl groups is 3. The standard InChI is InChI=1S/C21H19NO7/c1-21(29)8-10-13(19(27)20(21)28)18(26)14-12(23)7-11(17(25)15(14)16(10)24)22-9-5-3-2-4-6-9/h2-7,19-20,22,24,26-29H,8H2,1H3/t19-,20+,21-/m0/s1. The third kappa shape index (κ3) is 2.80. The van der Waals surface area contributed by atoms with Crippen LogP contribution in [0, 0.1) is 0 Å². The zero-order valence-electron chi connectivity index (χ0n) is 15.4. The number of hydrogen-bond acceptors (Lipinski definition) is 8. The number of allylic oxidation sites excluding steroid dienone is 2. The maximum absolute atomic E-state index is 13.0. The van der Waals surface area contributed by atoms with Gasteiger partial charge >= 0.3 is 0 Å². The van der Waals surface area contributed by atoms with Gasteiger partial charge in [-0.3, -0.25) is 9.59 Å². The Morgan fingerprint density at radius 3 is 2.34 bits per heavy atom. The van der Waals surface area contributed by atoms with Gasteiger partial charge in [0.1, 0.15) is 23.7 Å². The van der Waals surface area contributed by atoms with Crippen LogP contribution in [-0.2, 0) is 6.42 Å². The smallest absolute Gasteiger partial charge is 0.213 e. The molecule has 150 valence electrons. The third-order valence-electron chi connectivity index (χ3n) is 5.40. The Balaban J connectivity index is 1.88. The van der Waals surface area contributed by atoms with Crippen molar-refractivity contribution in [2.45, 2.75) is 31.2 Å². The van der Waals surface area contributed by atoms with Gasteiger partial charge in [0, 0.05) is 29.3 Å². The van der Waals surface area contributed by atoms with Crippen molar-refractivity contribution < 1.29 is 35.1 Å². The average molecular weight is 397 g/mol. The van der Waals surface area contributed by atoms with Crippen LogP contribution in [0.3, 0.4) is 0 Å². The van der Waals surface area contributed by atoms with Gasteiger partial charge in [-0.15, -0.1) is 0 Å². The highest BCUT2D eigenvalue weighted by Crippen LogP contribution is 2.49. The molecule has 0 unspecified atom stereocenters. The van der Waals surface area contributed by atoms with Gasteiger partial charge in [0.2, 0.25) is 5.78 Å². The third-order valence-corrected chi connectivity index (χ3v) is 5.40. The van der Waals surface area contributed by atoms with Gasteiger partial charge in [0.05, 0.1) is 22.4 Å². The molecule has 29 heavy (non-hydrogen) atoms. The fourth-order valence-corrected chi connectivity index (χ4v) is 3.89. The second-order valence-corrected chi connectivity index (χ2v) is 7.51. The number of phenols is 2. The molecule has 8 nitrogen and oxygen atoms in total. The summed E-state index contributed by atoms with van der Waals surface area (Å²) in [7, 11) is 0. The summed E-state index contributed by atoms with van der Waals surface area (Å²) in [6.45, 7) is 1.26. The number of hydrogen-bond donors (Lipinski definition) is 6. The number of carbonyl (C=O) groups excluding carboxylic acids is 2. The van der Waals surface area contributed by atoms with Crippen LogP contribution in [0.15, 0.2) is 42.1 Å². The predicted molar refractivity (Wildman–Crippen MR) is 102 cm³/mol. The van der Waals surface area contributed by atoms with Gasteiger partial charge in [0.15, 0.2) is 5.78 Å². The molecular formula is C21H19NO7. The minimum atomic E-state index is -1.81. The number of Topliss-reactive ketones (excluding diaryl/α,β-unsaturated/α-hetero) is 1. The van der Waals surface area contributed by atoms with Gasteiger partial charge in [-0.05, 0) is 19.1 Å². The second kappa shape index (κ2) is 6.41. The Hall–Kier alpha value is -3.20. The highest BCUT2D eigenvalue weighted by atomic mass is 16.4. The zero-order valence-corrected chi connectivity index (χ0v) is 15.4. The van der Waals surface area contributed by atoms with Crippen LogP contribution in [0.1, 0.15) is 44.9 Å². The second-order valence-electron chi connectivity index (χ2n) is 7.51. The minimum absolute atomic E-state index is 0.0912. The SMILES string of the molecule is C[C@]1(O)Cc2c(O)c3c(c(O)c2[C@H](O)[C@H]1O)C(=O)C=C(Nc1ccccc1)C3=O.